The second kappa shape index (κ2) is 4.59. The third-order valence-corrected chi connectivity index (χ3v) is 8.94. The normalized spacial score (nSPS) is 57.9. The van der Waals surface area contributed by atoms with Crippen molar-refractivity contribution < 1.29 is 9.90 Å². The van der Waals surface area contributed by atoms with Crippen molar-refractivity contribution in [2.75, 3.05) is 0 Å². The van der Waals surface area contributed by atoms with Gasteiger partial charge >= 0.3 is 0 Å². The summed E-state index contributed by atoms with van der Waals surface area (Å²) < 4.78 is 0. The minimum absolute atomic E-state index is 0.0252. The van der Waals surface area contributed by atoms with Gasteiger partial charge in [0.2, 0.25) is 0 Å². The van der Waals surface area contributed by atoms with Crippen molar-refractivity contribution in [3.8, 4) is 0 Å². The summed E-state index contributed by atoms with van der Waals surface area (Å²) in [7, 11) is 0. The van der Waals surface area contributed by atoms with E-state index in [0.29, 0.717) is 28.4 Å². The number of carbonyl (C=O) groups excluding carboxylic acids is 1. The molecule has 7 atom stereocenters. The van der Waals surface area contributed by atoms with Gasteiger partial charge in [0.15, 0.2) is 0 Å². The first kappa shape index (κ1) is 15.2. The lowest BCUT2D eigenvalue weighted by Gasteiger charge is -2.65. The van der Waals surface area contributed by atoms with Gasteiger partial charge in [-0.05, 0) is 80.0 Å². The molecular formula is C20H32O2. The number of fused-ring (bicyclic) bond motifs is 5. The van der Waals surface area contributed by atoms with Crippen LogP contribution in [0.5, 0.6) is 0 Å². The Labute approximate surface area is 135 Å². The number of carbonyl (C=O) groups is 1. The molecule has 2 heteroatoms. The van der Waals surface area contributed by atoms with Gasteiger partial charge in [0.25, 0.3) is 0 Å². The molecular weight excluding hydrogens is 272 g/mol. The van der Waals surface area contributed by atoms with Crippen LogP contribution in [0.4, 0.5) is 0 Å². The molecule has 0 spiro atoms. The van der Waals surface area contributed by atoms with Gasteiger partial charge in [-0.1, -0.05) is 20.8 Å². The number of rotatable bonds is 0. The van der Waals surface area contributed by atoms with Crippen LogP contribution in [-0.4, -0.2) is 17.0 Å². The molecule has 1 N–H and O–H groups in total. The molecule has 22 heavy (non-hydrogen) atoms. The zero-order valence-corrected chi connectivity index (χ0v) is 14.5. The summed E-state index contributed by atoms with van der Waals surface area (Å²) in [6.45, 7) is 7.31. The smallest absolute Gasteiger partial charge is 0.139 e. The number of aliphatic hydroxyl groups excluding tert-OH is 1. The zero-order chi connectivity index (χ0) is 15.8. The summed E-state index contributed by atoms with van der Waals surface area (Å²) in [6, 6.07) is 0. The van der Waals surface area contributed by atoms with E-state index in [-0.39, 0.29) is 11.5 Å². The number of aliphatic hydroxyl groups is 1. The van der Waals surface area contributed by atoms with Crippen LogP contribution in [0.25, 0.3) is 0 Å². The van der Waals surface area contributed by atoms with E-state index in [2.05, 4.69) is 20.8 Å². The Morgan fingerprint density at radius 3 is 2.41 bits per heavy atom. The fourth-order valence-corrected chi connectivity index (χ4v) is 7.68. The molecule has 4 aliphatic carbocycles. The third-order valence-electron chi connectivity index (χ3n) is 8.94. The van der Waals surface area contributed by atoms with Crippen LogP contribution in [-0.2, 0) is 4.79 Å². The summed E-state index contributed by atoms with van der Waals surface area (Å²) in [5.41, 5.74) is 0.731. The molecule has 0 amide bonds. The monoisotopic (exact) mass is 304 g/mol. The average Bonchev–Trinajstić information content (AvgIpc) is 2.77. The van der Waals surface area contributed by atoms with E-state index in [1.807, 2.05) is 0 Å². The maximum atomic E-state index is 12.5. The van der Waals surface area contributed by atoms with E-state index in [1.54, 1.807) is 0 Å². The lowest BCUT2D eigenvalue weighted by molar-refractivity contribution is -0.172. The zero-order valence-electron chi connectivity index (χ0n) is 14.5. The van der Waals surface area contributed by atoms with Crippen molar-refractivity contribution >= 4 is 5.78 Å². The molecule has 0 aromatic heterocycles. The van der Waals surface area contributed by atoms with Crippen LogP contribution >= 0.6 is 0 Å². The topological polar surface area (TPSA) is 37.3 Å². The molecule has 4 saturated carbocycles. The Morgan fingerprint density at radius 2 is 1.64 bits per heavy atom. The second-order valence-corrected chi connectivity index (χ2v) is 9.70. The largest absolute Gasteiger partial charge is 0.393 e. The second-order valence-electron chi connectivity index (χ2n) is 9.70. The van der Waals surface area contributed by atoms with Gasteiger partial charge in [-0.25, -0.2) is 0 Å². The highest BCUT2D eigenvalue weighted by Gasteiger charge is 2.64. The van der Waals surface area contributed by atoms with Gasteiger partial charge in [-0.3, -0.25) is 4.79 Å². The van der Waals surface area contributed by atoms with E-state index in [0.717, 1.165) is 38.0 Å². The first-order valence-corrected chi connectivity index (χ1v) is 9.52. The van der Waals surface area contributed by atoms with Crippen LogP contribution in [0, 0.1) is 34.0 Å². The number of hydrogen-bond donors (Lipinski definition) is 1. The van der Waals surface area contributed by atoms with Crippen LogP contribution in [0.15, 0.2) is 0 Å². The Morgan fingerprint density at radius 1 is 0.909 bits per heavy atom. The van der Waals surface area contributed by atoms with Crippen molar-refractivity contribution in [1.29, 1.82) is 0 Å². The summed E-state index contributed by atoms with van der Waals surface area (Å²) in [5.74, 6) is 2.62. The SMILES string of the molecule is C[C@]12CC[C@H](O)C[C@@H]1CC[C@]1(C)[C@@H]2CC[C@]2(C)C(=O)CC[C@@H]12. The highest BCUT2D eigenvalue weighted by atomic mass is 16.3. The minimum atomic E-state index is -0.0654. The van der Waals surface area contributed by atoms with Gasteiger partial charge in [0, 0.05) is 11.8 Å². The molecule has 0 saturated heterocycles. The number of ketones is 1. The van der Waals surface area contributed by atoms with Gasteiger partial charge < -0.3 is 5.11 Å². The van der Waals surface area contributed by atoms with Gasteiger partial charge in [0.1, 0.15) is 5.78 Å². The molecule has 0 aromatic carbocycles. The molecule has 0 heterocycles. The lowest BCUT2D eigenvalue weighted by atomic mass is 9.40. The Bertz CT molecular complexity index is 500. The maximum absolute atomic E-state index is 12.5. The van der Waals surface area contributed by atoms with Crippen molar-refractivity contribution in [3.63, 3.8) is 0 Å². The van der Waals surface area contributed by atoms with E-state index < -0.39 is 0 Å². The van der Waals surface area contributed by atoms with Crippen molar-refractivity contribution in [1.82, 2.24) is 0 Å². The van der Waals surface area contributed by atoms with Crippen LogP contribution in [0.3, 0.4) is 0 Å². The third kappa shape index (κ3) is 1.74. The molecule has 0 bridgehead atoms. The van der Waals surface area contributed by atoms with E-state index >= 15 is 0 Å². The van der Waals surface area contributed by atoms with E-state index in [4.69, 9.17) is 0 Å². The quantitative estimate of drug-likeness (QED) is 0.722. The fraction of sp³-hybridized carbons (Fsp3) is 0.950. The van der Waals surface area contributed by atoms with Gasteiger partial charge in [-0.2, -0.15) is 0 Å². The first-order chi connectivity index (χ1) is 10.3. The number of hydrogen-bond acceptors (Lipinski definition) is 2. The molecule has 0 unspecified atom stereocenters. The first-order valence-electron chi connectivity index (χ1n) is 9.52. The van der Waals surface area contributed by atoms with Crippen molar-refractivity contribution in [3.05, 3.63) is 0 Å². The number of Topliss-reactive ketones (excluding diaryl/α,β-unsaturated/α-hetero) is 1. The predicted molar refractivity (Wildman–Crippen MR) is 87.4 cm³/mol. The van der Waals surface area contributed by atoms with Crippen molar-refractivity contribution in [2.45, 2.75) is 84.7 Å². The molecule has 124 valence electrons. The maximum Gasteiger partial charge on any atom is 0.139 e. The Balaban J connectivity index is 1.71. The van der Waals surface area contributed by atoms with Gasteiger partial charge in [0.05, 0.1) is 6.10 Å². The van der Waals surface area contributed by atoms with Gasteiger partial charge in [-0.15, -0.1) is 0 Å². The summed E-state index contributed by atoms with van der Waals surface area (Å²) in [4.78, 5) is 12.5. The van der Waals surface area contributed by atoms with Crippen LogP contribution in [0.1, 0.15) is 78.6 Å². The van der Waals surface area contributed by atoms with E-state index in [1.165, 1.54) is 25.7 Å². The standard InChI is InChI=1S/C20H32O2/c1-18-10-7-14(21)12-13(18)6-9-19(2)15-4-5-17(22)20(15,3)11-8-16(18)19/h13-16,21H,4-12H2,1-3H3/t13-,14-,15-,16+,18-,19-,20-/m0/s1. The average molecular weight is 304 g/mol. The molecule has 0 aromatic rings. The highest BCUT2D eigenvalue weighted by molar-refractivity contribution is 5.87. The fourth-order valence-electron chi connectivity index (χ4n) is 7.68. The summed E-state index contributed by atoms with van der Waals surface area (Å²) >= 11 is 0. The molecule has 4 rings (SSSR count). The van der Waals surface area contributed by atoms with Crippen LogP contribution < -0.4 is 0 Å². The molecule has 4 fully saturated rings. The minimum Gasteiger partial charge on any atom is -0.393 e. The van der Waals surface area contributed by atoms with Crippen molar-refractivity contribution in [2.24, 2.45) is 34.0 Å². The Hall–Kier alpha value is -0.370. The summed E-state index contributed by atoms with van der Waals surface area (Å²) in [6.07, 6.45) is 9.97. The summed E-state index contributed by atoms with van der Waals surface area (Å²) in [5, 5.41) is 10.1. The molecule has 0 radical (unpaired) electrons. The molecule has 2 nitrogen and oxygen atoms in total. The lowest BCUT2D eigenvalue weighted by Crippen LogP contribution is -2.59. The van der Waals surface area contributed by atoms with E-state index in [9.17, 15) is 9.90 Å². The molecule has 0 aliphatic heterocycles. The Kier molecular flexibility index (Phi) is 3.16. The molecule has 4 aliphatic rings. The van der Waals surface area contributed by atoms with Crippen LogP contribution in [0.2, 0.25) is 0 Å². The predicted octanol–water partition coefficient (Wildman–Crippen LogP) is 4.35. The highest BCUT2D eigenvalue weighted by Crippen LogP contribution is 2.70.